The number of hydrogen-bond donors (Lipinski definition) is 0. The Hall–Kier alpha value is -0.580. The summed E-state index contributed by atoms with van der Waals surface area (Å²) in [5.41, 5.74) is 1.60. The minimum atomic E-state index is -3.44. The van der Waals surface area contributed by atoms with E-state index in [-0.39, 0.29) is 6.04 Å². The Bertz CT molecular complexity index is 512. The third-order valence-electron chi connectivity index (χ3n) is 3.01. The molecule has 1 aromatic rings. The Labute approximate surface area is 115 Å². The van der Waals surface area contributed by atoms with Gasteiger partial charge in [0.15, 0.2) is 0 Å². The van der Waals surface area contributed by atoms with Crippen LogP contribution in [-0.4, -0.2) is 25.3 Å². The predicted molar refractivity (Wildman–Crippen MR) is 75.4 cm³/mol. The molecule has 0 unspecified atom stereocenters. The number of hydrogen-bond acceptors (Lipinski definition) is 2. The lowest BCUT2D eigenvalue weighted by Gasteiger charge is -2.25. The zero-order valence-corrected chi connectivity index (χ0v) is 12.8. The van der Waals surface area contributed by atoms with E-state index in [9.17, 15) is 8.42 Å². The van der Waals surface area contributed by atoms with Crippen molar-refractivity contribution >= 4 is 21.6 Å². The Morgan fingerprint density at radius 3 is 2.39 bits per heavy atom. The molecule has 0 fully saturated rings. The van der Waals surface area contributed by atoms with Crippen molar-refractivity contribution in [1.82, 2.24) is 4.31 Å². The number of halogens is 1. The fraction of sp³-hybridized carbons (Fsp3) is 0.538. The first-order valence-corrected chi connectivity index (χ1v) is 8.00. The second kappa shape index (κ2) is 6.04. The van der Waals surface area contributed by atoms with Crippen LogP contribution in [0.3, 0.4) is 0 Å². The standard InChI is InChI=1S/C13H20ClNO2S/c1-5-15(10(2)3)18(16,17)13-8-6-7-12(9-14)11(13)4/h6-8,10H,5,9H2,1-4H3. The number of alkyl halides is 1. The topological polar surface area (TPSA) is 37.4 Å². The van der Waals surface area contributed by atoms with Crippen molar-refractivity contribution in [2.45, 2.75) is 44.5 Å². The van der Waals surface area contributed by atoms with Crippen molar-refractivity contribution in [1.29, 1.82) is 0 Å². The molecule has 0 saturated heterocycles. The smallest absolute Gasteiger partial charge is 0.207 e. The lowest BCUT2D eigenvalue weighted by molar-refractivity contribution is 0.369. The van der Waals surface area contributed by atoms with Crippen molar-refractivity contribution in [3.8, 4) is 0 Å². The van der Waals surface area contributed by atoms with Gasteiger partial charge in [0, 0.05) is 18.5 Å². The number of benzene rings is 1. The van der Waals surface area contributed by atoms with Crippen LogP contribution in [0.25, 0.3) is 0 Å². The van der Waals surface area contributed by atoms with Crippen LogP contribution in [0, 0.1) is 6.92 Å². The van der Waals surface area contributed by atoms with Crippen molar-refractivity contribution in [2.75, 3.05) is 6.54 Å². The minimum Gasteiger partial charge on any atom is -0.207 e. The zero-order valence-electron chi connectivity index (χ0n) is 11.3. The molecule has 0 N–H and O–H groups in total. The average molecular weight is 290 g/mol. The molecular weight excluding hydrogens is 270 g/mol. The number of nitrogens with zero attached hydrogens (tertiary/aromatic N) is 1. The van der Waals surface area contributed by atoms with Crippen LogP contribution < -0.4 is 0 Å². The first kappa shape index (κ1) is 15.5. The van der Waals surface area contributed by atoms with Gasteiger partial charge in [-0.15, -0.1) is 11.6 Å². The third-order valence-corrected chi connectivity index (χ3v) is 5.60. The van der Waals surface area contributed by atoms with Gasteiger partial charge in [-0.25, -0.2) is 8.42 Å². The predicted octanol–water partition coefficient (Wildman–Crippen LogP) is 3.15. The maximum atomic E-state index is 12.6. The highest BCUT2D eigenvalue weighted by Crippen LogP contribution is 2.24. The Morgan fingerprint density at radius 1 is 1.33 bits per heavy atom. The van der Waals surface area contributed by atoms with E-state index >= 15 is 0 Å². The van der Waals surface area contributed by atoms with Crippen molar-refractivity contribution in [3.63, 3.8) is 0 Å². The van der Waals surface area contributed by atoms with Crippen LogP contribution >= 0.6 is 11.6 Å². The summed E-state index contributed by atoms with van der Waals surface area (Å²) in [7, 11) is -3.44. The molecule has 0 heterocycles. The summed E-state index contributed by atoms with van der Waals surface area (Å²) in [6, 6.07) is 5.18. The second-order valence-electron chi connectivity index (χ2n) is 4.48. The molecular formula is C13H20ClNO2S. The Morgan fingerprint density at radius 2 is 1.94 bits per heavy atom. The average Bonchev–Trinajstić information content (AvgIpc) is 2.28. The summed E-state index contributed by atoms with van der Waals surface area (Å²) in [6.07, 6.45) is 0. The molecule has 0 atom stereocenters. The van der Waals surface area contributed by atoms with E-state index < -0.39 is 10.0 Å². The summed E-state index contributed by atoms with van der Waals surface area (Å²) in [5.74, 6) is 0.322. The van der Waals surface area contributed by atoms with E-state index in [2.05, 4.69) is 0 Å². The highest BCUT2D eigenvalue weighted by molar-refractivity contribution is 7.89. The van der Waals surface area contributed by atoms with E-state index in [1.165, 1.54) is 4.31 Å². The molecule has 18 heavy (non-hydrogen) atoms. The first-order chi connectivity index (χ1) is 8.36. The third kappa shape index (κ3) is 2.87. The maximum Gasteiger partial charge on any atom is 0.243 e. The summed E-state index contributed by atoms with van der Waals surface area (Å²) >= 11 is 5.82. The molecule has 0 aliphatic carbocycles. The van der Waals surface area contributed by atoms with Gasteiger partial charge in [0.1, 0.15) is 0 Å². The van der Waals surface area contributed by atoms with E-state index in [1.807, 2.05) is 26.8 Å². The fourth-order valence-electron chi connectivity index (χ4n) is 2.02. The van der Waals surface area contributed by atoms with Gasteiger partial charge >= 0.3 is 0 Å². The Balaban J connectivity index is 3.37. The summed E-state index contributed by atoms with van der Waals surface area (Å²) in [6.45, 7) is 7.87. The molecule has 0 amide bonds. The molecule has 0 spiro atoms. The molecule has 0 bridgehead atoms. The van der Waals surface area contributed by atoms with Crippen molar-refractivity contribution in [3.05, 3.63) is 29.3 Å². The highest BCUT2D eigenvalue weighted by Gasteiger charge is 2.27. The van der Waals surface area contributed by atoms with E-state index in [0.29, 0.717) is 17.3 Å². The fourth-order valence-corrected chi connectivity index (χ4v) is 4.23. The molecule has 0 aromatic heterocycles. The monoisotopic (exact) mass is 289 g/mol. The molecule has 0 aliphatic rings. The second-order valence-corrected chi connectivity index (χ2v) is 6.60. The normalized spacial score (nSPS) is 12.4. The van der Waals surface area contributed by atoms with Gasteiger partial charge in [-0.3, -0.25) is 0 Å². The van der Waals surface area contributed by atoms with Gasteiger partial charge in [0.05, 0.1) is 4.90 Å². The molecule has 0 radical (unpaired) electrons. The molecule has 5 heteroatoms. The minimum absolute atomic E-state index is 0.0564. The lowest BCUT2D eigenvalue weighted by atomic mass is 10.1. The van der Waals surface area contributed by atoms with E-state index in [4.69, 9.17) is 11.6 Å². The van der Waals surface area contributed by atoms with Gasteiger partial charge in [0.2, 0.25) is 10.0 Å². The molecule has 3 nitrogen and oxygen atoms in total. The molecule has 102 valence electrons. The maximum absolute atomic E-state index is 12.6. The lowest BCUT2D eigenvalue weighted by Crippen LogP contribution is -2.37. The zero-order chi connectivity index (χ0) is 13.9. The van der Waals surface area contributed by atoms with E-state index in [0.717, 1.165) is 11.1 Å². The summed E-state index contributed by atoms with van der Waals surface area (Å²) in [4.78, 5) is 0.358. The van der Waals surface area contributed by atoms with Crippen LogP contribution in [0.15, 0.2) is 23.1 Å². The van der Waals surface area contributed by atoms with Crippen LogP contribution in [-0.2, 0) is 15.9 Å². The van der Waals surface area contributed by atoms with Crippen LogP contribution in [0.4, 0.5) is 0 Å². The summed E-state index contributed by atoms with van der Waals surface area (Å²) in [5, 5.41) is 0. The summed E-state index contributed by atoms with van der Waals surface area (Å²) < 4.78 is 26.6. The number of sulfonamides is 1. The van der Waals surface area contributed by atoms with Gasteiger partial charge in [0.25, 0.3) is 0 Å². The molecule has 1 aromatic carbocycles. The van der Waals surface area contributed by atoms with Crippen LogP contribution in [0.5, 0.6) is 0 Å². The SMILES string of the molecule is CCN(C(C)C)S(=O)(=O)c1cccc(CCl)c1C. The van der Waals surface area contributed by atoms with Gasteiger partial charge in [-0.05, 0) is 38.0 Å². The largest absolute Gasteiger partial charge is 0.243 e. The Kier molecular flexibility index (Phi) is 5.20. The van der Waals surface area contributed by atoms with Crippen molar-refractivity contribution in [2.24, 2.45) is 0 Å². The van der Waals surface area contributed by atoms with E-state index in [1.54, 1.807) is 19.1 Å². The molecule has 0 saturated carbocycles. The van der Waals surface area contributed by atoms with Crippen LogP contribution in [0.1, 0.15) is 31.9 Å². The molecule has 1 rings (SSSR count). The van der Waals surface area contributed by atoms with Gasteiger partial charge in [-0.1, -0.05) is 19.1 Å². The quantitative estimate of drug-likeness (QED) is 0.781. The van der Waals surface area contributed by atoms with Gasteiger partial charge in [-0.2, -0.15) is 4.31 Å². The van der Waals surface area contributed by atoms with Crippen molar-refractivity contribution < 1.29 is 8.42 Å². The first-order valence-electron chi connectivity index (χ1n) is 6.02. The number of rotatable bonds is 5. The van der Waals surface area contributed by atoms with Gasteiger partial charge < -0.3 is 0 Å². The van der Waals surface area contributed by atoms with Crippen LogP contribution in [0.2, 0.25) is 0 Å². The highest BCUT2D eigenvalue weighted by atomic mass is 35.5. The molecule has 0 aliphatic heterocycles.